The van der Waals surface area contributed by atoms with Gasteiger partial charge in [-0.2, -0.15) is 0 Å². The molecule has 4 rings (SSSR count). The van der Waals surface area contributed by atoms with Crippen LogP contribution in [0.1, 0.15) is 24.5 Å². The van der Waals surface area contributed by atoms with Crippen LogP contribution in [0, 0.1) is 6.92 Å². The van der Waals surface area contributed by atoms with Crippen molar-refractivity contribution in [2.45, 2.75) is 32.8 Å². The molecule has 1 heterocycles. The summed E-state index contributed by atoms with van der Waals surface area (Å²) in [6, 6.07) is 23.2. The van der Waals surface area contributed by atoms with E-state index in [4.69, 9.17) is 21.1 Å². The standard InChI is InChI=1S/C27H30ClNO2/c1-20-3-14-26(19-27(20)29-15-17-30-18-16-29)31-21(2)4-5-22-6-8-23(9-7-22)24-10-12-25(28)13-11-24/h3,6-14,19,21H,4-5,15-18H2,1-2H3. The third-order valence-corrected chi connectivity index (χ3v) is 6.09. The summed E-state index contributed by atoms with van der Waals surface area (Å²) in [5.74, 6) is 0.942. The van der Waals surface area contributed by atoms with Crippen molar-refractivity contribution in [3.8, 4) is 16.9 Å². The second-order valence-corrected chi connectivity index (χ2v) is 8.66. The second kappa shape index (κ2) is 10.2. The van der Waals surface area contributed by atoms with E-state index < -0.39 is 0 Å². The fourth-order valence-corrected chi connectivity index (χ4v) is 4.10. The Morgan fingerprint density at radius 1 is 0.935 bits per heavy atom. The van der Waals surface area contributed by atoms with Crippen LogP contribution in [0.4, 0.5) is 5.69 Å². The van der Waals surface area contributed by atoms with Crippen LogP contribution < -0.4 is 9.64 Å². The topological polar surface area (TPSA) is 21.7 Å². The lowest BCUT2D eigenvalue weighted by Gasteiger charge is -2.30. The molecule has 0 aliphatic carbocycles. The summed E-state index contributed by atoms with van der Waals surface area (Å²) >= 11 is 5.99. The Bertz CT molecular complexity index is 979. The van der Waals surface area contributed by atoms with E-state index >= 15 is 0 Å². The van der Waals surface area contributed by atoms with E-state index in [1.165, 1.54) is 27.9 Å². The van der Waals surface area contributed by atoms with Gasteiger partial charge in [0.05, 0.1) is 19.3 Å². The zero-order chi connectivity index (χ0) is 21.6. The van der Waals surface area contributed by atoms with Gasteiger partial charge >= 0.3 is 0 Å². The van der Waals surface area contributed by atoms with Crippen molar-refractivity contribution in [2.75, 3.05) is 31.2 Å². The molecule has 162 valence electrons. The molecule has 3 nitrogen and oxygen atoms in total. The van der Waals surface area contributed by atoms with Crippen LogP contribution in [0.3, 0.4) is 0 Å². The maximum atomic E-state index is 6.26. The predicted octanol–water partition coefficient (Wildman–Crippen LogP) is 6.55. The Morgan fingerprint density at radius 2 is 1.58 bits per heavy atom. The number of benzene rings is 3. The largest absolute Gasteiger partial charge is 0.491 e. The molecule has 0 aromatic heterocycles. The highest BCUT2D eigenvalue weighted by molar-refractivity contribution is 6.30. The Morgan fingerprint density at radius 3 is 2.26 bits per heavy atom. The minimum atomic E-state index is 0.149. The molecule has 3 aromatic rings. The van der Waals surface area contributed by atoms with E-state index in [0.29, 0.717) is 0 Å². The number of anilines is 1. The van der Waals surface area contributed by atoms with E-state index in [2.05, 4.69) is 73.3 Å². The van der Waals surface area contributed by atoms with Crippen LogP contribution >= 0.6 is 11.6 Å². The molecule has 0 spiro atoms. The quantitative estimate of drug-likeness (QED) is 0.420. The monoisotopic (exact) mass is 435 g/mol. The van der Waals surface area contributed by atoms with E-state index in [9.17, 15) is 0 Å². The molecule has 0 radical (unpaired) electrons. The summed E-state index contributed by atoms with van der Waals surface area (Å²) in [6.07, 6.45) is 2.11. The molecule has 1 fully saturated rings. The molecule has 4 heteroatoms. The lowest BCUT2D eigenvalue weighted by atomic mass is 10.0. The number of aryl methyl sites for hydroxylation is 2. The molecule has 31 heavy (non-hydrogen) atoms. The first-order chi connectivity index (χ1) is 15.1. The highest BCUT2D eigenvalue weighted by atomic mass is 35.5. The SMILES string of the molecule is Cc1ccc(OC(C)CCc2ccc(-c3ccc(Cl)cc3)cc2)cc1N1CCOCC1. The van der Waals surface area contributed by atoms with Gasteiger partial charge < -0.3 is 14.4 Å². The summed E-state index contributed by atoms with van der Waals surface area (Å²) in [6.45, 7) is 7.76. The third kappa shape index (κ3) is 5.81. The fourth-order valence-electron chi connectivity index (χ4n) is 3.97. The molecule has 1 aliphatic heterocycles. The average molecular weight is 436 g/mol. The highest BCUT2D eigenvalue weighted by Gasteiger charge is 2.15. The number of morpholine rings is 1. The van der Waals surface area contributed by atoms with Gasteiger partial charge in [-0.05, 0) is 67.1 Å². The highest BCUT2D eigenvalue weighted by Crippen LogP contribution is 2.28. The van der Waals surface area contributed by atoms with Crippen molar-refractivity contribution in [1.29, 1.82) is 0 Å². The Balaban J connectivity index is 1.33. The first-order valence-corrected chi connectivity index (χ1v) is 11.4. The number of ether oxygens (including phenoxy) is 2. The van der Waals surface area contributed by atoms with Gasteiger partial charge in [-0.25, -0.2) is 0 Å². The molecule has 1 unspecified atom stereocenters. The fraction of sp³-hybridized carbons (Fsp3) is 0.333. The van der Waals surface area contributed by atoms with Crippen LogP contribution in [-0.2, 0) is 11.2 Å². The van der Waals surface area contributed by atoms with Crippen molar-refractivity contribution < 1.29 is 9.47 Å². The van der Waals surface area contributed by atoms with Gasteiger partial charge in [0.1, 0.15) is 5.75 Å². The van der Waals surface area contributed by atoms with Gasteiger partial charge in [0.15, 0.2) is 0 Å². The summed E-state index contributed by atoms with van der Waals surface area (Å²) < 4.78 is 11.7. The van der Waals surface area contributed by atoms with Crippen molar-refractivity contribution in [3.05, 3.63) is 82.9 Å². The normalized spacial score (nSPS) is 15.0. The van der Waals surface area contributed by atoms with Gasteiger partial charge in [0, 0.05) is 29.9 Å². The summed E-state index contributed by atoms with van der Waals surface area (Å²) in [5.41, 5.74) is 6.25. The summed E-state index contributed by atoms with van der Waals surface area (Å²) in [5, 5.41) is 0.764. The van der Waals surface area contributed by atoms with E-state index in [-0.39, 0.29) is 6.10 Å². The molecule has 1 aliphatic rings. The van der Waals surface area contributed by atoms with Gasteiger partial charge in [-0.1, -0.05) is 54.1 Å². The van der Waals surface area contributed by atoms with E-state index in [0.717, 1.165) is 49.9 Å². The predicted molar refractivity (Wildman–Crippen MR) is 130 cm³/mol. The molecule has 3 aromatic carbocycles. The number of hydrogen-bond acceptors (Lipinski definition) is 3. The number of rotatable bonds is 7. The van der Waals surface area contributed by atoms with E-state index in [1.807, 2.05) is 12.1 Å². The van der Waals surface area contributed by atoms with Crippen LogP contribution in [0.25, 0.3) is 11.1 Å². The minimum Gasteiger partial charge on any atom is -0.491 e. The number of halogens is 1. The molecular formula is C27H30ClNO2. The molecule has 0 saturated carbocycles. The van der Waals surface area contributed by atoms with Crippen LogP contribution in [0.2, 0.25) is 5.02 Å². The Hall–Kier alpha value is -2.49. The lowest BCUT2D eigenvalue weighted by Crippen LogP contribution is -2.36. The zero-order valence-corrected chi connectivity index (χ0v) is 19.1. The maximum Gasteiger partial charge on any atom is 0.121 e. The molecule has 1 saturated heterocycles. The number of nitrogens with zero attached hydrogens (tertiary/aromatic N) is 1. The van der Waals surface area contributed by atoms with Crippen LogP contribution in [0.15, 0.2) is 66.7 Å². The molecule has 0 N–H and O–H groups in total. The molecular weight excluding hydrogens is 406 g/mol. The summed E-state index contributed by atoms with van der Waals surface area (Å²) in [7, 11) is 0. The van der Waals surface area contributed by atoms with Crippen molar-refractivity contribution in [2.24, 2.45) is 0 Å². The van der Waals surface area contributed by atoms with Gasteiger partial charge in [0.2, 0.25) is 0 Å². The third-order valence-electron chi connectivity index (χ3n) is 5.84. The first kappa shape index (κ1) is 21.7. The van der Waals surface area contributed by atoms with Crippen LogP contribution in [-0.4, -0.2) is 32.4 Å². The average Bonchev–Trinajstić information content (AvgIpc) is 2.80. The van der Waals surface area contributed by atoms with Crippen molar-refractivity contribution in [3.63, 3.8) is 0 Å². The Kier molecular flexibility index (Phi) is 7.16. The molecule has 0 bridgehead atoms. The van der Waals surface area contributed by atoms with Gasteiger partial charge in [0.25, 0.3) is 0 Å². The Labute approximate surface area is 190 Å². The first-order valence-electron chi connectivity index (χ1n) is 11.0. The molecule has 1 atom stereocenters. The maximum absolute atomic E-state index is 6.26. The van der Waals surface area contributed by atoms with Crippen molar-refractivity contribution >= 4 is 17.3 Å². The van der Waals surface area contributed by atoms with Gasteiger partial charge in [-0.3, -0.25) is 0 Å². The molecule has 0 amide bonds. The second-order valence-electron chi connectivity index (χ2n) is 8.22. The zero-order valence-electron chi connectivity index (χ0n) is 18.3. The van der Waals surface area contributed by atoms with Crippen LogP contribution in [0.5, 0.6) is 5.75 Å². The van der Waals surface area contributed by atoms with Crippen molar-refractivity contribution in [1.82, 2.24) is 0 Å². The summed E-state index contributed by atoms with van der Waals surface area (Å²) in [4.78, 5) is 2.39. The van der Waals surface area contributed by atoms with Gasteiger partial charge in [-0.15, -0.1) is 0 Å². The smallest absolute Gasteiger partial charge is 0.121 e. The minimum absolute atomic E-state index is 0.149. The lowest BCUT2D eigenvalue weighted by molar-refractivity contribution is 0.122. The number of hydrogen-bond donors (Lipinski definition) is 0. The van der Waals surface area contributed by atoms with E-state index in [1.54, 1.807) is 0 Å².